The van der Waals surface area contributed by atoms with Crippen molar-refractivity contribution in [1.82, 2.24) is 14.5 Å². The van der Waals surface area contributed by atoms with E-state index < -0.39 is 0 Å². The van der Waals surface area contributed by atoms with E-state index in [4.69, 9.17) is 11.6 Å². The highest BCUT2D eigenvalue weighted by Crippen LogP contribution is 2.46. The van der Waals surface area contributed by atoms with Crippen LogP contribution in [0, 0.1) is 12.8 Å². The van der Waals surface area contributed by atoms with Gasteiger partial charge in [0.25, 0.3) is 5.56 Å². The lowest BCUT2D eigenvalue weighted by Gasteiger charge is -2.51. The molecule has 0 radical (unpaired) electrons. The molecule has 7 heteroatoms. The number of aromatic nitrogens is 2. The summed E-state index contributed by atoms with van der Waals surface area (Å²) in [6, 6.07) is 2.70. The van der Waals surface area contributed by atoms with Gasteiger partial charge in [0.05, 0.1) is 22.4 Å². The number of hydrogen-bond donors (Lipinski definition) is 0. The van der Waals surface area contributed by atoms with Crippen molar-refractivity contribution in [3.8, 4) is 0 Å². The van der Waals surface area contributed by atoms with E-state index in [9.17, 15) is 4.79 Å². The maximum Gasteiger partial charge on any atom is 0.278 e. The molecule has 0 spiro atoms. The summed E-state index contributed by atoms with van der Waals surface area (Å²) in [7, 11) is 3.99. The molecule has 2 fully saturated rings. The van der Waals surface area contributed by atoms with E-state index in [0.717, 1.165) is 60.6 Å². The van der Waals surface area contributed by atoms with Crippen LogP contribution in [0.2, 0.25) is 5.02 Å². The Hall–Kier alpha value is -2.05. The largest absolute Gasteiger partial charge is 0.361 e. The number of fused-ring (bicyclic) bond motifs is 5. The van der Waals surface area contributed by atoms with Crippen molar-refractivity contribution in [2.75, 3.05) is 36.5 Å². The van der Waals surface area contributed by atoms with Crippen LogP contribution in [-0.2, 0) is 7.05 Å². The lowest BCUT2D eigenvalue weighted by molar-refractivity contribution is 0.199. The van der Waals surface area contributed by atoms with Crippen LogP contribution in [0.1, 0.15) is 25.5 Å². The van der Waals surface area contributed by atoms with Crippen molar-refractivity contribution in [2.24, 2.45) is 13.0 Å². The SMILES string of the molecule is C=C(C1CC1)N1CC2CN(C)C(C)CN2c2c1c(=O)n(C)c1nc(C)c(Cl)cc21. The fourth-order valence-electron chi connectivity index (χ4n) is 4.83. The molecule has 3 aliphatic rings. The minimum Gasteiger partial charge on any atom is -0.361 e. The van der Waals surface area contributed by atoms with Gasteiger partial charge < -0.3 is 9.80 Å². The van der Waals surface area contributed by atoms with E-state index >= 15 is 0 Å². The highest BCUT2D eigenvalue weighted by atomic mass is 35.5. The van der Waals surface area contributed by atoms with Crippen molar-refractivity contribution < 1.29 is 0 Å². The molecule has 0 aromatic carbocycles. The first kappa shape index (κ1) is 18.9. The number of halogens is 1. The zero-order valence-corrected chi connectivity index (χ0v) is 18.3. The van der Waals surface area contributed by atoms with Gasteiger partial charge in [0.1, 0.15) is 11.3 Å². The van der Waals surface area contributed by atoms with Gasteiger partial charge in [-0.25, -0.2) is 4.98 Å². The summed E-state index contributed by atoms with van der Waals surface area (Å²) in [5.74, 6) is 0.495. The van der Waals surface area contributed by atoms with Gasteiger partial charge in [-0.05, 0) is 45.7 Å². The zero-order chi connectivity index (χ0) is 20.6. The van der Waals surface area contributed by atoms with Gasteiger partial charge >= 0.3 is 0 Å². The van der Waals surface area contributed by atoms with Gasteiger partial charge in [0.15, 0.2) is 0 Å². The Balaban J connectivity index is 1.82. The van der Waals surface area contributed by atoms with Crippen molar-refractivity contribution in [1.29, 1.82) is 0 Å². The molecule has 4 heterocycles. The molecule has 0 bridgehead atoms. The number of allylic oxidation sites excluding steroid dienone is 1. The average Bonchev–Trinajstić information content (AvgIpc) is 3.52. The van der Waals surface area contributed by atoms with Gasteiger partial charge in [-0.15, -0.1) is 0 Å². The normalized spacial score (nSPS) is 24.6. The minimum atomic E-state index is -0.00597. The Bertz CT molecular complexity index is 1090. The zero-order valence-electron chi connectivity index (χ0n) is 17.6. The van der Waals surface area contributed by atoms with Crippen molar-refractivity contribution in [2.45, 2.75) is 38.8 Å². The third kappa shape index (κ3) is 2.80. The van der Waals surface area contributed by atoms with Gasteiger partial charge in [-0.2, -0.15) is 0 Å². The molecule has 1 saturated carbocycles. The molecule has 2 aliphatic heterocycles. The molecule has 154 valence electrons. The van der Waals surface area contributed by atoms with Crippen LogP contribution in [0.15, 0.2) is 23.1 Å². The molecule has 5 rings (SSSR count). The Morgan fingerprint density at radius 3 is 2.62 bits per heavy atom. The second-order valence-corrected chi connectivity index (χ2v) is 9.37. The Morgan fingerprint density at radius 1 is 1.21 bits per heavy atom. The van der Waals surface area contributed by atoms with Crippen LogP contribution >= 0.6 is 11.6 Å². The second-order valence-electron chi connectivity index (χ2n) is 8.96. The monoisotopic (exact) mass is 413 g/mol. The lowest BCUT2D eigenvalue weighted by atomic mass is 9.99. The summed E-state index contributed by atoms with van der Waals surface area (Å²) in [5.41, 5.74) is 4.23. The van der Waals surface area contributed by atoms with Crippen LogP contribution in [0.5, 0.6) is 0 Å². The lowest BCUT2D eigenvalue weighted by Crippen LogP contribution is -2.62. The van der Waals surface area contributed by atoms with Crippen LogP contribution in [0.4, 0.5) is 11.4 Å². The third-order valence-electron chi connectivity index (χ3n) is 6.93. The van der Waals surface area contributed by atoms with E-state index in [1.165, 1.54) is 0 Å². The smallest absolute Gasteiger partial charge is 0.278 e. The number of rotatable bonds is 2. The van der Waals surface area contributed by atoms with E-state index in [1.807, 2.05) is 20.0 Å². The molecule has 2 aromatic rings. The molecule has 0 N–H and O–H groups in total. The van der Waals surface area contributed by atoms with Crippen molar-refractivity contribution in [3.05, 3.63) is 39.4 Å². The first-order valence-electron chi connectivity index (χ1n) is 10.4. The first-order valence-corrected chi connectivity index (χ1v) is 10.8. The molecule has 2 atom stereocenters. The fourth-order valence-corrected chi connectivity index (χ4v) is 4.98. The van der Waals surface area contributed by atoms with E-state index in [-0.39, 0.29) is 5.56 Å². The number of aryl methyl sites for hydroxylation is 2. The summed E-state index contributed by atoms with van der Waals surface area (Å²) in [5, 5.41) is 1.59. The first-order chi connectivity index (χ1) is 13.8. The van der Waals surface area contributed by atoms with Gasteiger partial charge in [-0.3, -0.25) is 14.3 Å². The summed E-state index contributed by atoms with van der Waals surface area (Å²) < 4.78 is 1.67. The number of nitrogens with zero attached hydrogens (tertiary/aromatic N) is 5. The molecular weight excluding hydrogens is 386 g/mol. The van der Waals surface area contributed by atoms with Gasteiger partial charge in [0.2, 0.25) is 0 Å². The predicted octanol–water partition coefficient (Wildman–Crippen LogP) is 3.15. The maximum atomic E-state index is 13.6. The molecular formula is C22H28ClN5O. The van der Waals surface area contributed by atoms with Crippen LogP contribution in [0.3, 0.4) is 0 Å². The van der Waals surface area contributed by atoms with Crippen molar-refractivity contribution >= 4 is 34.0 Å². The summed E-state index contributed by atoms with van der Waals surface area (Å²) >= 11 is 6.50. The van der Waals surface area contributed by atoms with E-state index in [0.29, 0.717) is 28.7 Å². The standard InChI is InChI=1S/C22H28ClN5O/c1-12-9-28-16(10-25(12)4)11-27(14(3)15-6-7-15)20-19(28)17-8-18(23)13(2)24-21(17)26(5)22(20)29/h8,12,15-16H,3,6-7,9-11H2,1-2,4-5H3. The number of hydrogen-bond acceptors (Lipinski definition) is 5. The third-order valence-corrected chi connectivity index (χ3v) is 7.32. The van der Waals surface area contributed by atoms with Gasteiger partial charge in [0, 0.05) is 43.8 Å². The van der Waals surface area contributed by atoms with Crippen LogP contribution in [0.25, 0.3) is 11.0 Å². The van der Waals surface area contributed by atoms with Crippen LogP contribution < -0.4 is 15.4 Å². The average molecular weight is 414 g/mol. The van der Waals surface area contributed by atoms with E-state index in [2.05, 4.69) is 40.2 Å². The summed E-state index contributed by atoms with van der Waals surface area (Å²) in [4.78, 5) is 25.3. The minimum absolute atomic E-state index is 0.00597. The second kappa shape index (κ2) is 6.47. The highest BCUT2D eigenvalue weighted by molar-refractivity contribution is 6.32. The molecule has 29 heavy (non-hydrogen) atoms. The topological polar surface area (TPSA) is 44.6 Å². The number of likely N-dealkylation sites (N-methyl/N-ethyl adjacent to an activating group) is 1. The molecule has 1 aliphatic carbocycles. The van der Waals surface area contributed by atoms with Gasteiger partial charge in [-0.1, -0.05) is 18.2 Å². The number of pyridine rings is 2. The Labute approximate surface area is 176 Å². The van der Waals surface area contributed by atoms with E-state index in [1.54, 1.807) is 4.57 Å². The molecule has 2 unspecified atom stereocenters. The van der Waals surface area contributed by atoms with Crippen molar-refractivity contribution in [3.63, 3.8) is 0 Å². The predicted molar refractivity (Wildman–Crippen MR) is 119 cm³/mol. The molecule has 0 amide bonds. The quantitative estimate of drug-likeness (QED) is 0.756. The number of anilines is 2. The Kier molecular flexibility index (Phi) is 4.23. The number of piperazine rings is 1. The summed E-state index contributed by atoms with van der Waals surface area (Å²) in [6.45, 7) is 11.2. The maximum absolute atomic E-state index is 13.6. The molecule has 6 nitrogen and oxygen atoms in total. The highest BCUT2D eigenvalue weighted by Gasteiger charge is 2.42. The fraction of sp³-hybridized carbons (Fsp3) is 0.545. The molecule has 1 saturated heterocycles. The van der Waals surface area contributed by atoms with Crippen LogP contribution in [-0.4, -0.2) is 53.2 Å². The molecule has 2 aromatic heterocycles. The summed E-state index contributed by atoms with van der Waals surface area (Å²) in [6.07, 6.45) is 2.33. The Morgan fingerprint density at radius 2 is 1.93 bits per heavy atom.